The Bertz CT molecular complexity index is 665. The molecule has 0 saturated carbocycles. The minimum Gasteiger partial charge on any atom is -0.350 e. The van der Waals surface area contributed by atoms with Gasteiger partial charge in [-0.3, -0.25) is 0 Å². The zero-order chi connectivity index (χ0) is 11.8. The lowest BCUT2D eigenvalue weighted by atomic mass is 10.1. The molecule has 0 unspecified atom stereocenters. The second-order valence-corrected chi connectivity index (χ2v) is 5.09. The van der Waals surface area contributed by atoms with Gasteiger partial charge in [0.05, 0.1) is 0 Å². The highest BCUT2D eigenvalue weighted by Gasteiger charge is 2.07. The molecule has 0 saturated heterocycles. The molecule has 3 aromatic rings. The fourth-order valence-electron chi connectivity index (χ4n) is 2.20. The fraction of sp³-hybridized carbons (Fsp3) is 0.0667. The molecular weight excluding hydrogens is 274 g/mol. The summed E-state index contributed by atoms with van der Waals surface area (Å²) in [6.07, 6.45) is 2.19. The van der Waals surface area contributed by atoms with Gasteiger partial charge in [0.1, 0.15) is 0 Å². The van der Waals surface area contributed by atoms with Crippen molar-refractivity contribution in [1.82, 2.24) is 4.57 Å². The summed E-state index contributed by atoms with van der Waals surface area (Å²) in [5, 5.41) is 1.30. The molecule has 0 aliphatic rings. The Morgan fingerprint density at radius 1 is 0.941 bits per heavy atom. The topological polar surface area (TPSA) is 4.93 Å². The monoisotopic (exact) mass is 285 g/mol. The maximum absolute atomic E-state index is 3.47. The summed E-state index contributed by atoms with van der Waals surface area (Å²) >= 11 is 3.47. The van der Waals surface area contributed by atoms with Crippen molar-refractivity contribution in [2.45, 2.75) is 0 Å². The predicted octanol–water partition coefficient (Wildman–Crippen LogP) is 4.61. The minimum absolute atomic E-state index is 1.11. The summed E-state index contributed by atoms with van der Waals surface area (Å²) in [6, 6.07) is 16.9. The van der Waals surface area contributed by atoms with E-state index in [-0.39, 0.29) is 0 Å². The number of fused-ring (bicyclic) bond motifs is 1. The Morgan fingerprint density at radius 3 is 2.41 bits per heavy atom. The van der Waals surface area contributed by atoms with E-state index in [1.54, 1.807) is 0 Å². The van der Waals surface area contributed by atoms with Crippen molar-refractivity contribution in [3.8, 4) is 11.1 Å². The van der Waals surface area contributed by atoms with E-state index in [4.69, 9.17) is 0 Å². The van der Waals surface area contributed by atoms with Gasteiger partial charge in [0.25, 0.3) is 0 Å². The van der Waals surface area contributed by atoms with Crippen molar-refractivity contribution in [3.63, 3.8) is 0 Å². The third kappa shape index (κ3) is 1.79. The largest absolute Gasteiger partial charge is 0.350 e. The fourth-order valence-corrected chi connectivity index (χ4v) is 2.47. The van der Waals surface area contributed by atoms with Crippen LogP contribution in [0.4, 0.5) is 0 Å². The van der Waals surface area contributed by atoms with Gasteiger partial charge < -0.3 is 4.57 Å². The van der Waals surface area contributed by atoms with E-state index >= 15 is 0 Å². The average molecular weight is 286 g/mol. The molecule has 1 nitrogen and oxygen atoms in total. The van der Waals surface area contributed by atoms with Gasteiger partial charge in [-0.05, 0) is 23.8 Å². The van der Waals surface area contributed by atoms with Gasteiger partial charge >= 0.3 is 0 Å². The first-order chi connectivity index (χ1) is 8.25. The molecule has 2 aromatic carbocycles. The summed E-state index contributed by atoms with van der Waals surface area (Å²) in [6.45, 7) is 0. The van der Waals surface area contributed by atoms with Gasteiger partial charge in [-0.2, -0.15) is 0 Å². The number of aryl methyl sites for hydroxylation is 1. The van der Waals surface area contributed by atoms with Crippen LogP contribution in [0.15, 0.2) is 59.2 Å². The molecule has 0 aliphatic heterocycles. The van der Waals surface area contributed by atoms with Crippen LogP contribution in [0.3, 0.4) is 0 Å². The van der Waals surface area contributed by atoms with Crippen molar-refractivity contribution < 1.29 is 0 Å². The van der Waals surface area contributed by atoms with E-state index in [2.05, 4.69) is 82.3 Å². The van der Waals surface area contributed by atoms with Crippen molar-refractivity contribution in [2.75, 3.05) is 0 Å². The van der Waals surface area contributed by atoms with Crippen LogP contribution in [0.1, 0.15) is 0 Å². The maximum atomic E-state index is 3.47. The zero-order valence-electron chi connectivity index (χ0n) is 9.52. The number of aromatic nitrogens is 1. The molecule has 0 atom stereocenters. The number of rotatable bonds is 1. The van der Waals surface area contributed by atoms with Gasteiger partial charge in [0, 0.05) is 34.2 Å². The molecule has 0 aliphatic carbocycles. The van der Waals surface area contributed by atoms with Gasteiger partial charge in [0.15, 0.2) is 0 Å². The Kier molecular flexibility index (Phi) is 2.52. The number of benzene rings is 2. The Morgan fingerprint density at radius 2 is 1.65 bits per heavy atom. The molecule has 17 heavy (non-hydrogen) atoms. The smallest absolute Gasteiger partial charge is 0.0484 e. The van der Waals surface area contributed by atoms with E-state index in [1.807, 2.05) is 0 Å². The van der Waals surface area contributed by atoms with Crippen LogP contribution >= 0.6 is 15.9 Å². The van der Waals surface area contributed by atoms with Crippen molar-refractivity contribution >= 4 is 26.8 Å². The SMILES string of the molecule is Cn1cc(-c2ccc(Br)cc2)c2ccccc21. The van der Waals surface area contributed by atoms with Crippen molar-refractivity contribution in [1.29, 1.82) is 0 Å². The highest BCUT2D eigenvalue weighted by Crippen LogP contribution is 2.30. The summed E-state index contributed by atoms with van der Waals surface area (Å²) in [5.41, 5.74) is 3.81. The normalized spacial score (nSPS) is 10.9. The van der Waals surface area contributed by atoms with Crippen LogP contribution in [0.5, 0.6) is 0 Å². The van der Waals surface area contributed by atoms with E-state index in [1.165, 1.54) is 22.0 Å². The Labute approximate surface area is 109 Å². The van der Waals surface area contributed by atoms with E-state index in [9.17, 15) is 0 Å². The molecule has 1 heterocycles. The molecule has 2 heteroatoms. The lowest BCUT2D eigenvalue weighted by Gasteiger charge is -1.99. The van der Waals surface area contributed by atoms with Gasteiger partial charge in [0.2, 0.25) is 0 Å². The van der Waals surface area contributed by atoms with Crippen molar-refractivity contribution in [3.05, 3.63) is 59.2 Å². The van der Waals surface area contributed by atoms with Crippen LogP contribution in [-0.2, 0) is 7.05 Å². The van der Waals surface area contributed by atoms with Gasteiger partial charge in [-0.15, -0.1) is 0 Å². The summed E-state index contributed by atoms with van der Waals surface area (Å²) in [4.78, 5) is 0. The molecule has 0 fully saturated rings. The Hall–Kier alpha value is -1.54. The molecule has 0 spiro atoms. The molecular formula is C15H12BrN. The van der Waals surface area contributed by atoms with E-state index < -0.39 is 0 Å². The third-order valence-corrected chi connectivity index (χ3v) is 3.58. The summed E-state index contributed by atoms with van der Waals surface area (Å²) < 4.78 is 3.29. The number of para-hydroxylation sites is 1. The standard InChI is InChI=1S/C15H12BrN/c1-17-10-14(11-6-8-12(16)9-7-11)13-4-2-3-5-15(13)17/h2-10H,1H3. The number of hydrogen-bond donors (Lipinski definition) is 0. The second kappa shape index (κ2) is 4.04. The first-order valence-electron chi connectivity index (χ1n) is 5.56. The quantitative estimate of drug-likeness (QED) is 0.615. The van der Waals surface area contributed by atoms with E-state index in [0.717, 1.165) is 4.47 Å². The molecule has 0 radical (unpaired) electrons. The van der Waals surface area contributed by atoms with Crippen LogP contribution < -0.4 is 0 Å². The second-order valence-electron chi connectivity index (χ2n) is 4.18. The lowest BCUT2D eigenvalue weighted by Crippen LogP contribution is -1.81. The average Bonchev–Trinajstić information content (AvgIpc) is 2.69. The van der Waals surface area contributed by atoms with Gasteiger partial charge in [-0.25, -0.2) is 0 Å². The molecule has 0 bridgehead atoms. The van der Waals surface area contributed by atoms with Crippen LogP contribution in [0.25, 0.3) is 22.0 Å². The minimum atomic E-state index is 1.11. The first-order valence-corrected chi connectivity index (χ1v) is 6.35. The molecule has 84 valence electrons. The zero-order valence-corrected chi connectivity index (χ0v) is 11.1. The van der Waals surface area contributed by atoms with Crippen LogP contribution in [-0.4, -0.2) is 4.57 Å². The van der Waals surface area contributed by atoms with Crippen LogP contribution in [0, 0.1) is 0 Å². The summed E-state index contributed by atoms with van der Waals surface area (Å²) in [5.74, 6) is 0. The first kappa shape index (κ1) is 10.6. The molecule has 1 aromatic heterocycles. The Balaban J connectivity index is 2.27. The number of nitrogens with zero attached hydrogens (tertiary/aromatic N) is 1. The maximum Gasteiger partial charge on any atom is 0.0484 e. The van der Waals surface area contributed by atoms with Crippen LogP contribution in [0.2, 0.25) is 0 Å². The number of halogens is 1. The third-order valence-electron chi connectivity index (χ3n) is 3.05. The lowest BCUT2D eigenvalue weighted by molar-refractivity contribution is 0.970. The molecule has 3 rings (SSSR count). The van der Waals surface area contributed by atoms with Crippen molar-refractivity contribution in [2.24, 2.45) is 7.05 Å². The van der Waals surface area contributed by atoms with Gasteiger partial charge in [-0.1, -0.05) is 46.3 Å². The highest BCUT2D eigenvalue weighted by atomic mass is 79.9. The van der Waals surface area contributed by atoms with E-state index in [0.29, 0.717) is 0 Å². The highest BCUT2D eigenvalue weighted by molar-refractivity contribution is 9.10. The summed E-state index contributed by atoms with van der Waals surface area (Å²) in [7, 11) is 2.09. The predicted molar refractivity (Wildman–Crippen MR) is 76.1 cm³/mol. The molecule has 0 amide bonds. The number of hydrogen-bond acceptors (Lipinski definition) is 0. The molecule has 0 N–H and O–H groups in total.